The van der Waals surface area contributed by atoms with Gasteiger partial charge in [0.1, 0.15) is 11.6 Å². The standard InChI is InChI=1S/C26H32N4O4/c1-4-5-19-6-8-20(9-7-19)26(3)24(32)30(25(33)28-26)18(2)23(31)27-21-10-12-22(13-11-21)29-14-16-34-17-15-29/h6-13,18H,4-5,14-17H2,1-3H3,(H,27,31)(H,28,33). The summed E-state index contributed by atoms with van der Waals surface area (Å²) in [6.45, 7) is 8.40. The van der Waals surface area contributed by atoms with Gasteiger partial charge in [-0.05, 0) is 55.7 Å². The predicted molar refractivity (Wildman–Crippen MR) is 131 cm³/mol. The molecule has 2 aliphatic heterocycles. The summed E-state index contributed by atoms with van der Waals surface area (Å²) in [5.41, 5.74) is 2.32. The Balaban J connectivity index is 1.43. The summed E-state index contributed by atoms with van der Waals surface area (Å²) in [7, 11) is 0. The van der Waals surface area contributed by atoms with Crippen molar-refractivity contribution in [2.45, 2.75) is 45.2 Å². The molecule has 0 saturated carbocycles. The average molecular weight is 465 g/mol. The molecule has 2 unspecified atom stereocenters. The van der Waals surface area contributed by atoms with Crippen LogP contribution in [-0.4, -0.2) is 55.1 Å². The zero-order chi connectivity index (χ0) is 24.3. The van der Waals surface area contributed by atoms with E-state index in [1.807, 2.05) is 48.5 Å². The van der Waals surface area contributed by atoms with Crippen molar-refractivity contribution in [3.05, 3.63) is 59.7 Å². The minimum atomic E-state index is -1.21. The van der Waals surface area contributed by atoms with Gasteiger partial charge in [0.2, 0.25) is 5.91 Å². The molecule has 180 valence electrons. The number of imide groups is 1. The number of hydrogen-bond acceptors (Lipinski definition) is 5. The van der Waals surface area contributed by atoms with Crippen LogP contribution in [-0.2, 0) is 26.3 Å². The van der Waals surface area contributed by atoms with E-state index in [0.717, 1.165) is 36.5 Å². The highest BCUT2D eigenvalue weighted by Gasteiger charge is 2.51. The van der Waals surface area contributed by atoms with E-state index in [2.05, 4.69) is 22.5 Å². The van der Waals surface area contributed by atoms with E-state index >= 15 is 0 Å². The molecule has 2 saturated heterocycles. The Morgan fingerprint density at radius 1 is 1.09 bits per heavy atom. The summed E-state index contributed by atoms with van der Waals surface area (Å²) in [5, 5.41) is 5.61. The van der Waals surface area contributed by atoms with Gasteiger partial charge in [-0.3, -0.25) is 9.59 Å². The number of ether oxygens (including phenoxy) is 1. The lowest BCUT2D eigenvalue weighted by Crippen LogP contribution is -2.47. The van der Waals surface area contributed by atoms with Gasteiger partial charge in [0, 0.05) is 24.5 Å². The number of carbonyl (C=O) groups is 3. The molecular formula is C26H32N4O4. The largest absolute Gasteiger partial charge is 0.378 e. The van der Waals surface area contributed by atoms with Crippen LogP contribution < -0.4 is 15.5 Å². The van der Waals surface area contributed by atoms with E-state index in [1.54, 1.807) is 13.8 Å². The van der Waals surface area contributed by atoms with Gasteiger partial charge in [-0.2, -0.15) is 0 Å². The number of anilines is 2. The highest BCUT2D eigenvalue weighted by Crippen LogP contribution is 2.30. The topological polar surface area (TPSA) is 91.0 Å². The second-order valence-electron chi connectivity index (χ2n) is 8.99. The maximum atomic E-state index is 13.3. The predicted octanol–water partition coefficient (Wildman–Crippen LogP) is 3.27. The van der Waals surface area contributed by atoms with Crippen molar-refractivity contribution in [1.82, 2.24) is 10.2 Å². The summed E-state index contributed by atoms with van der Waals surface area (Å²) >= 11 is 0. The van der Waals surface area contributed by atoms with E-state index in [9.17, 15) is 14.4 Å². The number of nitrogens with zero attached hydrogens (tertiary/aromatic N) is 2. The first-order chi connectivity index (χ1) is 16.3. The molecule has 34 heavy (non-hydrogen) atoms. The third-order valence-corrected chi connectivity index (χ3v) is 6.57. The molecule has 2 atom stereocenters. The molecular weight excluding hydrogens is 432 g/mol. The van der Waals surface area contributed by atoms with Gasteiger partial charge in [0.05, 0.1) is 13.2 Å². The van der Waals surface area contributed by atoms with Gasteiger partial charge >= 0.3 is 6.03 Å². The molecule has 4 rings (SSSR count). The molecule has 0 radical (unpaired) electrons. The zero-order valence-corrected chi connectivity index (χ0v) is 20.0. The first-order valence-electron chi connectivity index (χ1n) is 11.8. The Hall–Kier alpha value is -3.39. The van der Waals surface area contributed by atoms with Crippen molar-refractivity contribution in [2.24, 2.45) is 0 Å². The van der Waals surface area contributed by atoms with Crippen LogP contribution in [0.5, 0.6) is 0 Å². The summed E-state index contributed by atoms with van der Waals surface area (Å²) < 4.78 is 5.38. The minimum Gasteiger partial charge on any atom is -0.378 e. The summed E-state index contributed by atoms with van der Waals surface area (Å²) in [4.78, 5) is 42.2. The van der Waals surface area contributed by atoms with Crippen LogP contribution in [0.2, 0.25) is 0 Å². The number of amides is 4. The lowest BCUT2D eigenvalue weighted by Gasteiger charge is -2.29. The van der Waals surface area contributed by atoms with Gasteiger partial charge < -0.3 is 20.3 Å². The Morgan fingerprint density at radius 3 is 2.35 bits per heavy atom. The number of urea groups is 1. The fraction of sp³-hybridized carbons (Fsp3) is 0.423. The van der Waals surface area contributed by atoms with Crippen molar-refractivity contribution in [2.75, 3.05) is 36.5 Å². The maximum absolute atomic E-state index is 13.3. The number of carbonyl (C=O) groups excluding carboxylic acids is 3. The third-order valence-electron chi connectivity index (χ3n) is 6.57. The first kappa shape index (κ1) is 23.8. The molecule has 2 N–H and O–H groups in total. The summed E-state index contributed by atoms with van der Waals surface area (Å²) in [6.07, 6.45) is 1.98. The number of nitrogens with one attached hydrogen (secondary N) is 2. The number of rotatable bonds is 7. The molecule has 2 aromatic rings. The summed E-state index contributed by atoms with van der Waals surface area (Å²) in [6, 6.07) is 13.7. The van der Waals surface area contributed by atoms with E-state index in [0.29, 0.717) is 24.5 Å². The highest BCUT2D eigenvalue weighted by molar-refractivity contribution is 6.11. The van der Waals surface area contributed by atoms with Crippen LogP contribution in [0.15, 0.2) is 48.5 Å². The molecule has 8 heteroatoms. The lowest BCUT2D eigenvalue weighted by atomic mass is 9.90. The molecule has 2 aromatic carbocycles. The van der Waals surface area contributed by atoms with Crippen molar-refractivity contribution in [3.63, 3.8) is 0 Å². The van der Waals surface area contributed by atoms with Crippen LogP contribution >= 0.6 is 0 Å². The van der Waals surface area contributed by atoms with Gasteiger partial charge in [-0.1, -0.05) is 37.6 Å². The Bertz CT molecular complexity index is 1050. The number of hydrogen-bond donors (Lipinski definition) is 2. The third kappa shape index (κ3) is 4.63. The Morgan fingerprint density at radius 2 is 1.74 bits per heavy atom. The summed E-state index contributed by atoms with van der Waals surface area (Å²) in [5.74, 6) is -0.865. The zero-order valence-electron chi connectivity index (χ0n) is 20.0. The van der Waals surface area contributed by atoms with E-state index in [-0.39, 0.29) is 0 Å². The van der Waals surface area contributed by atoms with Crippen molar-refractivity contribution in [3.8, 4) is 0 Å². The highest BCUT2D eigenvalue weighted by atomic mass is 16.5. The Kier molecular flexibility index (Phi) is 6.88. The van der Waals surface area contributed by atoms with Crippen molar-refractivity contribution < 1.29 is 19.1 Å². The molecule has 4 amide bonds. The molecule has 2 heterocycles. The van der Waals surface area contributed by atoms with Gasteiger partial charge in [0.15, 0.2) is 0 Å². The van der Waals surface area contributed by atoms with Crippen LogP contribution in [0.3, 0.4) is 0 Å². The smallest absolute Gasteiger partial charge is 0.326 e. The van der Waals surface area contributed by atoms with Gasteiger partial charge in [-0.15, -0.1) is 0 Å². The SMILES string of the molecule is CCCc1ccc(C2(C)NC(=O)N(C(C)C(=O)Nc3ccc(N4CCOCC4)cc3)C2=O)cc1. The van der Waals surface area contributed by atoms with E-state index in [1.165, 1.54) is 5.56 Å². The average Bonchev–Trinajstić information content (AvgIpc) is 3.08. The molecule has 2 aliphatic rings. The molecule has 0 spiro atoms. The molecule has 8 nitrogen and oxygen atoms in total. The Labute approximate surface area is 200 Å². The second kappa shape index (κ2) is 9.85. The lowest BCUT2D eigenvalue weighted by molar-refractivity contribution is -0.136. The van der Waals surface area contributed by atoms with Crippen molar-refractivity contribution >= 4 is 29.2 Å². The monoisotopic (exact) mass is 464 g/mol. The van der Waals surface area contributed by atoms with Crippen LogP contribution in [0.25, 0.3) is 0 Å². The number of morpholine rings is 1. The molecule has 0 aromatic heterocycles. The molecule has 2 fully saturated rings. The van der Waals surface area contributed by atoms with E-state index in [4.69, 9.17) is 4.74 Å². The van der Waals surface area contributed by atoms with Gasteiger partial charge in [0.25, 0.3) is 5.91 Å². The number of aryl methyl sites for hydroxylation is 1. The van der Waals surface area contributed by atoms with Crippen LogP contribution in [0.4, 0.5) is 16.2 Å². The van der Waals surface area contributed by atoms with Gasteiger partial charge in [-0.25, -0.2) is 9.69 Å². The fourth-order valence-corrected chi connectivity index (χ4v) is 4.44. The quantitative estimate of drug-likeness (QED) is 0.614. The molecule has 0 aliphatic carbocycles. The second-order valence-corrected chi connectivity index (χ2v) is 8.99. The van der Waals surface area contributed by atoms with E-state index < -0.39 is 29.4 Å². The fourth-order valence-electron chi connectivity index (χ4n) is 4.44. The minimum absolute atomic E-state index is 0.426. The van der Waals surface area contributed by atoms with Crippen LogP contribution in [0, 0.1) is 0 Å². The van der Waals surface area contributed by atoms with Crippen molar-refractivity contribution in [1.29, 1.82) is 0 Å². The number of benzene rings is 2. The van der Waals surface area contributed by atoms with Crippen LogP contribution in [0.1, 0.15) is 38.3 Å². The maximum Gasteiger partial charge on any atom is 0.326 e. The molecule has 0 bridgehead atoms. The first-order valence-corrected chi connectivity index (χ1v) is 11.8. The normalized spacial score (nSPS) is 21.4.